The maximum atomic E-state index is 13.5. The van der Waals surface area contributed by atoms with Crippen LogP contribution in [0.25, 0.3) is 6.08 Å². The van der Waals surface area contributed by atoms with Gasteiger partial charge < -0.3 is 19.9 Å². The highest BCUT2D eigenvalue weighted by molar-refractivity contribution is 6.33. The van der Waals surface area contributed by atoms with Crippen LogP contribution in [0.2, 0.25) is 0 Å². The molecule has 43 heavy (non-hydrogen) atoms. The molecule has 2 N–H and O–H groups in total. The van der Waals surface area contributed by atoms with Crippen molar-refractivity contribution in [3.63, 3.8) is 0 Å². The average molecular weight is 607 g/mol. The van der Waals surface area contributed by atoms with Crippen molar-refractivity contribution >= 4 is 35.4 Å². The number of halogens is 6. The molecule has 15 heteroatoms. The summed E-state index contributed by atoms with van der Waals surface area (Å²) in [6.45, 7) is -0.108. The predicted octanol–water partition coefficient (Wildman–Crippen LogP) is 5.52. The van der Waals surface area contributed by atoms with E-state index in [2.05, 4.69) is 19.8 Å². The Morgan fingerprint density at radius 1 is 0.837 bits per heavy atom. The molecule has 9 nitrogen and oxygen atoms in total. The van der Waals surface area contributed by atoms with Crippen LogP contribution in [-0.4, -0.2) is 48.0 Å². The SMILES string of the molecule is O=C(O)CCNC(=O)c1ccc(N2C(=O)C(=Cc3ccc(OC(F)(F)F)cc3)N=C2c2ccc(OC(F)(F)F)cc2)cc1. The van der Waals surface area contributed by atoms with Gasteiger partial charge in [-0.15, -0.1) is 26.3 Å². The fraction of sp³-hybridized carbons (Fsp3) is 0.143. The van der Waals surface area contributed by atoms with Gasteiger partial charge in [-0.05, 0) is 72.3 Å². The van der Waals surface area contributed by atoms with Crippen molar-refractivity contribution < 1.29 is 55.3 Å². The van der Waals surface area contributed by atoms with Gasteiger partial charge in [-0.1, -0.05) is 12.1 Å². The summed E-state index contributed by atoms with van der Waals surface area (Å²) < 4.78 is 83.0. The zero-order chi connectivity index (χ0) is 31.4. The summed E-state index contributed by atoms with van der Waals surface area (Å²) in [4.78, 5) is 41.9. The molecule has 0 atom stereocenters. The number of aliphatic carboxylic acids is 1. The van der Waals surface area contributed by atoms with Crippen molar-refractivity contribution in [1.29, 1.82) is 0 Å². The molecule has 1 heterocycles. The molecule has 0 spiro atoms. The van der Waals surface area contributed by atoms with Crippen molar-refractivity contribution in [1.82, 2.24) is 5.32 Å². The third kappa shape index (κ3) is 8.34. The van der Waals surface area contributed by atoms with Crippen LogP contribution in [0.3, 0.4) is 0 Å². The fourth-order valence-electron chi connectivity index (χ4n) is 3.83. The number of benzene rings is 3. The molecule has 0 unspecified atom stereocenters. The predicted molar refractivity (Wildman–Crippen MR) is 139 cm³/mol. The summed E-state index contributed by atoms with van der Waals surface area (Å²) in [6.07, 6.45) is -8.81. The summed E-state index contributed by atoms with van der Waals surface area (Å²) >= 11 is 0. The standard InChI is InChI=1S/C28H19F6N3O6/c29-27(30,31)42-20-9-1-16(2-10-20)15-22-26(41)37(19-7-3-18(4-8-19)25(40)35-14-13-23(38)39)24(36-22)17-5-11-21(12-6-17)43-28(32,33)34/h1-12,15H,13-14H2,(H,35,40)(H,38,39). The Bertz CT molecular complexity index is 1560. The number of carbonyl (C=O) groups is 3. The Morgan fingerprint density at radius 3 is 1.88 bits per heavy atom. The average Bonchev–Trinajstić information content (AvgIpc) is 3.23. The van der Waals surface area contributed by atoms with Gasteiger partial charge in [-0.2, -0.15) is 0 Å². The molecule has 0 radical (unpaired) electrons. The van der Waals surface area contributed by atoms with E-state index in [0.717, 1.165) is 29.2 Å². The molecule has 3 aromatic rings. The second-order valence-electron chi connectivity index (χ2n) is 8.74. The highest BCUT2D eigenvalue weighted by atomic mass is 19.4. The van der Waals surface area contributed by atoms with Crippen LogP contribution in [0.15, 0.2) is 83.5 Å². The first-order valence-corrected chi connectivity index (χ1v) is 12.2. The lowest BCUT2D eigenvalue weighted by Crippen LogP contribution is -2.32. The molecule has 0 aliphatic carbocycles. The molecule has 4 rings (SSSR count). The fourth-order valence-corrected chi connectivity index (χ4v) is 3.83. The van der Waals surface area contributed by atoms with Crippen LogP contribution < -0.4 is 19.7 Å². The number of anilines is 1. The first-order valence-electron chi connectivity index (χ1n) is 12.2. The Balaban J connectivity index is 1.65. The quantitative estimate of drug-likeness (QED) is 0.244. The lowest BCUT2D eigenvalue weighted by molar-refractivity contribution is -0.275. The van der Waals surface area contributed by atoms with Gasteiger partial charge in [0.05, 0.1) is 12.1 Å². The second-order valence-corrected chi connectivity index (χ2v) is 8.74. The number of amidine groups is 1. The van der Waals surface area contributed by atoms with Gasteiger partial charge in [-0.25, -0.2) is 4.99 Å². The van der Waals surface area contributed by atoms with E-state index < -0.39 is 42.0 Å². The summed E-state index contributed by atoms with van der Waals surface area (Å²) in [6, 6.07) is 14.7. The molecule has 0 bridgehead atoms. The number of nitrogens with one attached hydrogen (secondary N) is 1. The van der Waals surface area contributed by atoms with E-state index >= 15 is 0 Å². The monoisotopic (exact) mass is 607 g/mol. The van der Waals surface area contributed by atoms with E-state index in [1.165, 1.54) is 54.6 Å². The third-order valence-electron chi connectivity index (χ3n) is 5.64. The Hall–Kier alpha value is -5.34. The first-order chi connectivity index (χ1) is 20.2. The van der Waals surface area contributed by atoms with Gasteiger partial charge in [0, 0.05) is 17.7 Å². The number of hydrogen-bond donors (Lipinski definition) is 2. The maximum Gasteiger partial charge on any atom is 0.573 e. The normalized spacial score (nSPS) is 14.5. The van der Waals surface area contributed by atoms with Crippen LogP contribution in [0.5, 0.6) is 11.5 Å². The highest BCUT2D eigenvalue weighted by Crippen LogP contribution is 2.30. The van der Waals surface area contributed by atoms with Crippen molar-refractivity contribution in [2.24, 2.45) is 4.99 Å². The number of alkyl halides is 6. The number of carbonyl (C=O) groups excluding carboxylic acids is 2. The molecular formula is C28H19F6N3O6. The Morgan fingerprint density at radius 2 is 1.37 bits per heavy atom. The van der Waals surface area contributed by atoms with Gasteiger partial charge in [0.1, 0.15) is 23.0 Å². The van der Waals surface area contributed by atoms with E-state index in [1.807, 2.05) is 0 Å². The minimum absolute atomic E-state index is 0.00509. The number of rotatable bonds is 9. The molecule has 1 aliphatic heterocycles. The van der Waals surface area contributed by atoms with Gasteiger partial charge in [0.2, 0.25) is 0 Å². The molecule has 224 valence electrons. The number of hydrogen-bond acceptors (Lipinski definition) is 6. The van der Waals surface area contributed by atoms with Gasteiger partial charge in [0.15, 0.2) is 0 Å². The van der Waals surface area contributed by atoms with E-state index in [1.54, 1.807) is 0 Å². The minimum atomic E-state index is -4.92. The van der Waals surface area contributed by atoms with Crippen LogP contribution in [0.4, 0.5) is 32.0 Å². The topological polar surface area (TPSA) is 118 Å². The molecule has 0 fully saturated rings. The number of aliphatic imine (C=N–C) groups is 1. The zero-order valence-electron chi connectivity index (χ0n) is 21.6. The summed E-state index contributed by atoms with van der Waals surface area (Å²) in [7, 11) is 0. The Kier molecular flexibility index (Phi) is 8.73. The number of carboxylic acid groups (broad SMARTS) is 1. The van der Waals surface area contributed by atoms with E-state index in [-0.39, 0.29) is 41.3 Å². The van der Waals surface area contributed by atoms with Crippen LogP contribution in [0, 0.1) is 0 Å². The number of ether oxygens (including phenoxy) is 2. The molecule has 0 saturated carbocycles. The van der Waals surface area contributed by atoms with E-state index in [9.17, 15) is 40.7 Å². The first kappa shape index (κ1) is 30.6. The number of amides is 2. The summed E-state index contributed by atoms with van der Waals surface area (Å²) in [5, 5.41) is 11.2. The van der Waals surface area contributed by atoms with Crippen molar-refractivity contribution in [2.45, 2.75) is 19.1 Å². The molecule has 0 aromatic heterocycles. The molecule has 3 aromatic carbocycles. The minimum Gasteiger partial charge on any atom is -0.481 e. The largest absolute Gasteiger partial charge is 0.573 e. The lowest BCUT2D eigenvalue weighted by Gasteiger charge is -2.19. The number of nitrogens with zero attached hydrogens (tertiary/aromatic N) is 2. The smallest absolute Gasteiger partial charge is 0.481 e. The molecule has 1 aliphatic rings. The lowest BCUT2D eigenvalue weighted by atomic mass is 10.1. The second kappa shape index (κ2) is 12.3. The van der Waals surface area contributed by atoms with Crippen molar-refractivity contribution in [3.05, 3.63) is 95.2 Å². The van der Waals surface area contributed by atoms with Crippen LogP contribution in [-0.2, 0) is 9.59 Å². The zero-order valence-corrected chi connectivity index (χ0v) is 21.6. The summed E-state index contributed by atoms with van der Waals surface area (Å²) in [5.41, 5.74) is 0.745. The number of carboxylic acids is 1. The van der Waals surface area contributed by atoms with Crippen LogP contribution >= 0.6 is 0 Å². The summed E-state index contributed by atoms with van der Waals surface area (Å²) in [5.74, 6) is -3.32. The van der Waals surface area contributed by atoms with Crippen molar-refractivity contribution in [2.75, 3.05) is 11.4 Å². The highest BCUT2D eigenvalue weighted by Gasteiger charge is 2.34. The van der Waals surface area contributed by atoms with E-state index in [4.69, 9.17) is 5.11 Å². The van der Waals surface area contributed by atoms with Crippen molar-refractivity contribution in [3.8, 4) is 11.5 Å². The van der Waals surface area contributed by atoms with Crippen LogP contribution in [0.1, 0.15) is 27.9 Å². The van der Waals surface area contributed by atoms with Gasteiger partial charge in [-0.3, -0.25) is 19.3 Å². The molecular weight excluding hydrogens is 588 g/mol. The third-order valence-corrected chi connectivity index (χ3v) is 5.64. The molecule has 2 amide bonds. The maximum absolute atomic E-state index is 13.5. The van der Waals surface area contributed by atoms with Gasteiger partial charge in [0.25, 0.3) is 11.8 Å². The van der Waals surface area contributed by atoms with Gasteiger partial charge >= 0.3 is 18.7 Å². The Labute approximate surface area is 238 Å². The van der Waals surface area contributed by atoms with E-state index in [0.29, 0.717) is 5.56 Å². The molecule has 0 saturated heterocycles.